The van der Waals surface area contributed by atoms with E-state index in [-0.39, 0.29) is 17.2 Å². The summed E-state index contributed by atoms with van der Waals surface area (Å²) < 4.78 is 32.1. The van der Waals surface area contributed by atoms with Crippen LogP contribution in [-0.2, 0) is 10.0 Å². The molecule has 1 atom stereocenters. The maximum atomic E-state index is 11.9. The molecule has 0 radical (unpaired) electrons. The Morgan fingerprint density at radius 1 is 1.42 bits per heavy atom. The van der Waals surface area contributed by atoms with Crippen LogP contribution in [0.25, 0.3) is 0 Å². The number of thiophene rings is 1. The lowest BCUT2D eigenvalue weighted by atomic mass is 10.1. The molecule has 0 saturated carbocycles. The first-order valence-corrected chi connectivity index (χ1v) is 8.53. The Kier molecular flexibility index (Phi) is 4.80. The van der Waals surface area contributed by atoms with Crippen LogP contribution in [0.1, 0.15) is 18.1 Å². The Balaban J connectivity index is 1.89. The first kappa shape index (κ1) is 14.7. The summed E-state index contributed by atoms with van der Waals surface area (Å²) in [6.07, 6.45) is 2.45. The lowest BCUT2D eigenvalue weighted by molar-refractivity contribution is 0.168. The summed E-state index contributed by atoms with van der Waals surface area (Å²) in [5, 5.41) is 9.78. The molecule has 0 fully saturated rings. The Bertz CT molecular complexity index is 621. The Morgan fingerprint density at radius 2 is 2.21 bits per heavy atom. The minimum atomic E-state index is -3.50. The van der Waals surface area contributed by atoms with E-state index < -0.39 is 16.1 Å². The number of aliphatic hydroxyl groups is 1. The van der Waals surface area contributed by atoms with Crippen molar-refractivity contribution in [2.45, 2.75) is 16.7 Å². The van der Waals surface area contributed by atoms with Gasteiger partial charge < -0.3 is 9.52 Å². The highest BCUT2D eigenvalue weighted by molar-refractivity contribution is 9.11. The normalized spacial score (nSPS) is 13.6. The Hall–Kier alpha value is -0.670. The van der Waals surface area contributed by atoms with Crippen LogP contribution >= 0.6 is 27.3 Å². The topological polar surface area (TPSA) is 79.5 Å². The van der Waals surface area contributed by atoms with Crippen molar-refractivity contribution in [3.05, 3.63) is 40.1 Å². The zero-order valence-electron chi connectivity index (χ0n) is 9.74. The SMILES string of the molecule is O=S(=O)(NCC[C@@H](O)c1ccoc1)c1ccc(Br)s1. The average Bonchev–Trinajstić information content (AvgIpc) is 2.99. The molecule has 2 N–H and O–H groups in total. The summed E-state index contributed by atoms with van der Waals surface area (Å²) in [6, 6.07) is 4.86. The molecule has 2 aromatic rings. The Morgan fingerprint density at radius 3 is 2.79 bits per heavy atom. The molecule has 2 aromatic heterocycles. The van der Waals surface area contributed by atoms with Crippen LogP contribution in [0, 0.1) is 0 Å². The maximum Gasteiger partial charge on any atom is 0.250 e. The predicted molar refractivity (Wildman–Crippen MR) is 75.5 cm³/mol. The van der Waals surface area contributed by atoms with Gasteiger partial charge in [-0.2, -0.15) is 0 Å². The van der Waals surface area contributed by atoms with Gasteiger partial charge in [-0.15, -0.1) is 11.3 Å². The van der Waals surface area contributed by atoms with E-state index in [1.165, 1.54) is 18.6 Å². The van der Waals surface area contributed by atoms with Gasteiger partial charge >= 0.3 is 0 Å². The fraction of sp³-hybridized carbons (Fsp3) is 0.273. The minimum Gasteiger partial charge on any atom is -0.472 e. The zero-order chi connectivity index (χ0) is 13.9. The van der Waals surface area contributed by atoms with Gasteiger partial charge in [-0.1, -0.05) is 0 Å². The van der Waals surface area contributed by atoms with Crippen LogP contribution in [0.3, 0.4) is 0 Å². The molecule has 0 bridgehead atoms. The third-order valence-electron chi connectivity index (χ3n) is 2.45. The molecule has 2 heterocycles. The molecule has 0 aromatic carbocycles. The number of aliphatic hydroxyl groups excluding tert-OH is 1. The van der Waals surface area contributed by atoms with Gasteiger partial charge in [0.1, 0.15) is 4.21 Å². The lowest BCUT2D eigenvalue weighted by Gasteiger charge is -2.09. The monoisotopic (exact) mass is 365 g/mol. The quantitative estimate of drug-likeness (QED) is 0.823. The maximum absolute atomic E-state index is 11.9. The first-order chi connectivity index (χ1) is 8.99. The molecule has 0 unspecified atom stereocenters. The van der Waals surface area contributed by atoms with E-state index in [2.05, 4.69) is 20.7 Å². The molecule has 0 amide bonds. The Labute approximate surface area is 123 Å². The average molecular weight is 366 g/mol. The lowest BCUT2D eigenvalue weighted by Crippen LogP contribution is -2.25. The smallest absolute Gasteiger partial charge is 0.250 e. The van der Waals surface area contributed by atoms with Gasteiger partial charge in [0.15, 0.2) is 0 Å². The van der Waals surface area contributed by atoms with Crippen molar-refractivity contribution in [2.75, 3.05) is 6.54 Å². The van der Waals surface area contributed by atoms with Gasteiger partial charge in [-0.05, 0) is 40.5 Å². The molecule has 2 rings (SSSR count). The zero-order valence-corrected chi connectivity index (χ0v) is 13.0. The standard InChI is InChI=1S/C11H12BrNO4S2/c12-10-1-2-11(18-10)19(15,16)13-5-3-9(14)8-4-6-17-7-8/h1-2,4,6-7,9,13-14H,3,5H2/t9-/m1/s1. The van der Waals surface area contributed by atoms with Crippen molar-refractivity contribution < 1.29 is 17.9 Å². The highest BCUT2D eigenvalue weighted by Crippen LogP contribution is 2.26. The van der Waals surface area contributed by atoms with Gasteiger partial charge in [-0.3, -0.25) is 0 Å². The number of hydrogen-bond acceptors (Lipinski definition) is 5. The molecular weight excluding hydrogens is 354 g/mol. The van der Waals surface area contributed by atoms with E-state index in [0.29, 0.717) is 5.56 Å². The summed E-state index contributed by atoms with van der Waals surface area (Å²) in [6.45, 7) is 0.157. The highest BCUT2D eigenvalue weighted by atomic mass is 79.9. The largest absolute Gasteiger partial charge is 0.472 e. The summed E-state index contributed by atoms with van der Waals surface area (Å²) in [5.74, 6) is 0. The van der Waals surface area contributed by atoms with Gasteiger partial charge in [-0.25, -0.2) is 13.1 Å². The minimum absolute atomic E-state index is 0.157. The van der Waals surface area contributed by atoms with Crippen molar-refractivity contribution >= 4 is 37.3 Å². The van der Waals surface area contributed by atoms with Crippen molar-refractivity contribution in [1.82, 2.24) is 4.72 Å². The van der Waals surface area contributed by atoms with Crippen molar-refractivity contribution in [3.8, 4) is 0 Å². The van der Waals surface area contributed by atoms with Gasteiger partial charge in [0.25, 0.3) is 0 Å². The summed E-state index contributed by atoms with van der Waals surface area (Å²) in [5.41, 5.74) is 0.637. The summed E-state index contributed by atoms with van der Waals surface area (Å²) >= 11 is 4.36. The van der Waals surface area contributed by atoms with Gasteiger partial charge in [0, 0.05) is 12.1 Å². The molecule has 0 saturated heterocycles. The second-order valence-electron chi connectivity index (χ2n) is 3.82. The first-order valence-electron chi connectivity index (χ1n) is 5.44. The number of sulfonamides is 1. The van der Waals surface area contributed by atoms with Crippen molar-refractivity contribution in [1.29, 1.82) is 0 Å². The highest BCUT2D eigenvalue weighted by Gasteiger charge is 2.17. The van der Waals surface area contributed by atoms with Crippen LogP contribution in [0.15, 0.2) is 43.1 Å². The van der Waals surface area contributed by atoms with E-state index in [0.717, 1.165) is 15.1 Å². The predicted octanol–water partition coefficient (Wildman–Crippen LogP) is 2.51. The van der Waals surface area contributed by atoms with Crippen molar-refractivity contribution in [2.24, 2.45) is 0 Å². The molecule has 8 heteroatoms. The van der Waals surface area contributed by atoms with E-state index >= 15 is 0 Å². The second-order valence-corrected chi connectivity index (χ2v) is 8.27. The van der Waals surface area contributed by atoms with E-state index in [9.17, 15) is 13.5 Å². The molecule has 0 aliphatic carbocycles. The van der Waals surface area contributed by atoms with Crippen LogP contribution in [0.4, 0.5) is 0 Å². The van der Waals surface area contributed by atoms with Crippen molar-refractivity contribution in [3.63, 3.8) is 0 Å². The summed E-state index contributed by atoms with van der Waals surface area (Å²) in [4.78, 5) is 0. The molecule has 0 aliphatic heterocycles. The molecule has 5 nitrogen and oxygen atoms in total. The van der Waals surface area contributed by atoms with Crippen LogP contribution in [0.2, 0.25) is 0 Å². The van der Waals surface area contributed by atoms with E-state index in [1.54, 1.807) is 12.1 Å². The number of hydrogen-bond donors (Lipinski definition) is 2. The van der Waals surface area contributed by atoms with Gasteiger partial charge in [0.2, 0.25) is 10.0 Å². The van der Waals surface area contributed by atoms with E-state index in [1.807, 2.05) is 0 Å². The number of nitrogens with one attached hydrogen (secondary N) is 1. The molecular formula is C11H12BrNO4S2. The molecule has 0 spiro atoms. The fourth-order valence-corrected chi connectivity index (χ4v) is 4.58. The van der Waals surface area contributed by atoms with E-state index in [4.69, 9.17) is 4.42 Å². The molecule has 19 heavy (non-hydrogen) atoms. The van der Waals surface area contributed by atoms with Gasteiger partial charge in [0.05, 0.1) is 22.4 Å². The number of halogens is 1. The third-order valence-corrected chi connectivity index (χ3v) is 6.03. The fourth-order valence-electron chi connectivity index (χ4n) is 1.47. The van der Waals surface area contributed by atoms with Crippen LogP contribution < -0.4 is 4.72 Å². The summed E-state index contributed by atoms with van der Waals surface area (Å²) in [7, 11) is -3.50. The third kappa shape index (κ3) is 3.90. The molecule has 0 aliphatic rings. The number of furan rings is 1. The van der Waals surface area contributed by atoms with Crippen LogP contribution in [-0.4, -0.2) is 20.1 Å². The van der Waals surface area contributed by atoms with Crippen LogP contribution in [0.5, 0.6) is 0 Å². The number of rotatable bonds is 6. The second kappa shape index (κ2) is 6.19. The molecule has 104 valence electrons.